The lowest BCUT2D eigenvalue weighted by atomic mass is 10.1. The van der Waals surface area contributed by atoms with Gasteiger partial charge in [-0.25, -0.2) is 0 Å². The molecule has 1 unspecified atom stereocenters. The summed E-state index contributed by atoms with van der Waals surface area (Å²) in [5.41, 5.74) is 0.0542. The van der Waals surface area contributed by atoms with Crippen LogP contribution in [0.1, 0.15) is 47.5 Å². The first kappa shape index (κ1) is 15.9. The molecule has 0 amide bonds. The van der Waals surface area contributed by atoms with Gasteiger partial charge < -0.3 is 15.2 Å². The standard InChI is InChI=1S/C13H29NO2/c1-11(2)7-6-8-16-10-12(15)9-14-13(3,4)5/h11-12,14-15H,6-10H2,1-5H3. The molecule has 0 fully saturated rings. The molecule has 0 radical (unpaired) electrons. The van der Waals surface area contributed by atoms with E-state index in [0.29, 0.717) is 13.2 Å². The average molecular weight is 231 g/mol. The molecule has 3 nitrogen and oxygen atoms in total. The summed E-state index contributed by atoms with van der Waals surface area (Å²) in [6.07, 6.45) is 1.87. The summed E-state index contributed by atoms with van der Waals surface area (Å²) in [5, 5.41) is 12.9. The zero-order valence-electron chi connectivity index (χ0n) is 11.5. The van der Waals surface area contributed by atoms with Crippen molar-refractivity contribution in [2.24, 2.45) is 5.92 Å². The molecule has 0 aromatic carbocycles. The molecular weight excluding hydrogens is 202 g/mol. The minimum Gasteiger partial charge on any atom is -0.389 e. The molecule has 98 valence electrons. The summed E-state index contributed by atoms with van der Waals surface area (Å²) in [7, 11) is 0. The topological polar surface area (TPSA) is 41.5 Å². The molecular formula is C13H29NO2. The van der Waals surface area contributed by atoms with E-state index < -0.39 is 6.10 Å². The summed E-state index contributed by atoms with van der Waals surface area (Å²) in [6.45, 7) is 12.5. The van der Waals surface area contributed by atoms with Gasteiger partial charge in [-0.1, -0.05) is 13.8 Å². The maximum atomic E-state index is 9.63. The lowest BCUT2D eigenvalue weighted by Gasteiger charge is -2.22. The van der Waals surface area contributed by atoms with Crippen molar-refractivity contribution >= 4 is 0 Å². The lowest BCUT2D eigenvalue weighted by Crippen LogP contribution is -2.42. The number of aliphatic hydroxyl groups is 1. The SMILES string of the molecule is CC(C)CCCOCC(O)CNC(C)(C)C. The fourth-order valence-electron chi connectivity index (χ4n) is 1.30. The molecule has 0 spiro atoms. The van der Waals surface area contributed by atoms with Crippen LogP contribution >= 0.6 is 0 Å². The molecule has 16 heavy (non-hydrogen) atoms. The Balaban J connectivity index is 3.34. The monoisotopic (exact) mass is 231 g/mol. The quantitative estimate of drug-likeness (QED) is 0.629. The van der Waals surface area contributed by atoms with Gasteiger partial charge in [-0.2, -0.15) is 0 Å². The number of nitrogens with one attached hydrogen (secondary N) is 1. The van der Waals surface area contributed by atoms with E-state index >= 15 is 0 Å². The Morgan fingerprint density at radius 2 is 1.88 bits per heavy atom. The van der Waals surface area contributed by atoms with Gasteiger partial charge in [0.05, 0.1) is 12.7 Å². The Labute approximate surface area is 101 Å². The first-order chi connectivity index (χ1) is 7.31. The molecule has 0 aromatic heterocycles. The second-order valence-electron chi connectivity index (χ2n) is 5.90. The van der Waals surface area contributed by atoms with Crippen molar-refractivity contribution in [1.82, 2.24) is 5.32 Å². The largest absolute Gasteiger partial charge is 0.389 e. The van der Waals surface area contributed by atoms with Crippen LogP contribution < -0.4 is 5.32 Å². The van der Waals surface area contributed by atoms with Crippen molar-refractivity contribution in [2.75, 3.05) is 19.8 Å². The zero-order chi connectivity index (χ0) is 12.6. The minimum atomic E-state index is -0.404. The second kappa shape index (κ2) is 8.04. The van der Waals surface area contributed by atoms with E-state index in [4.69, 9.17) is 4.74 Å². The summed E-state index contributed by atoms with van der Waals surface area (Å²) < 4.78 is 5.42. The minimum absolute atomic E-state index is 0.0542. The van der Waals surface area contributed by atoms with E-state index in [1.54, 1.807) is 0 Å². The molecule has 0 rings (SSSR count). The van der Waals surface area contributed by atoms with Gasteiger partial charge in [-0.3, -0.25) is 0 Å². The van der Waals surface area contributed by atoms with Crippen molar-refractivity contribution in [3.05, 3.63) is 0 Å². The van der Waals surface area contributed by atoms with Crippen LogP contribution in [0.5, 0.6) is 0 Å². The fourth-order valence-corrected chi connectivity index (χ4v) is 1.30. The number of hydrogen-bond donors (Lipinski definition) is 2. The first-order valence-electron chi connectivity index (χ1n) is 6.32. The molecule has 0 saturated carbocycles. The van der Waals surface area contributed by atoms with Crippen molar-refractivity contribution in [3.63, 3.8) is 0 Å². The van der Waals surface area contributed by atoms with Gasteiger partial charge in [-0.15, -0.1) is 0 Å². The van der Waals surface area contributed by atoms with Crippen LogP contribution in [0.2, 0.25) is 0 Å². The highest BCUT2D eigenvalue weighted by Crippen LogP contribution is 2.03. The number of ether oxygens (including phenoxy) is 1. The average Bonchev–Trinajstić information content (AvgIpc) is 2.12. The van der Waals surface area contributed by atoms with E-state index in [0.717, 1.165) is 18.9 Å². The van der Waals surface area contributed by atoms with E-state index in [2.05, 4.69) is 39.9 Å². The highest BCUT2D eigenvalue weighted by molar-refractivity contribution is 4.72. The van der Waals surface area contributed by atoms with Gasteiger partial charge in [0, 0.05) is 18.7 Å². The summed E-state index contributed by atoms with van der Waals surface area (Å²) in [6, 6.07) is 0. The Bertz CT molecular complexity index is 164. The summed E-state index contributed by atoms with van der Waals surface area (Å²) in [5.74, 6) is 0.732. The van der Waals surface area contributed by atoms with E-state index in [-0.39, 0.29) is 5.54 Å². The van der Waals surface area contributed by atoms with Crippen LogP contribution in [0, 0.1) is 5.92 Å². The predicted octanol–water partition coefficient (Wildman–Crippen LogP) is 2.19. The molecule has 0 saturated heterocycles. The number of hydrogen-bond acceptors (Lipinski definition) is 3. The van der Waals surface area contributed by atoms with E-state index in [1.165, 1.54) is 6.42 Å². The predicted molar refractivity (Wildman–Crippen MR) is 68.7 cm³/mol. The smallest absolute Gasteiger partial charge is 0.0897 e. The van der Waals surface area contributed by atoms with Gasteiger partial charge in [-0.05, 0) is 39.5 Å². The van der Waals surface area contributed by atoms with Gasteiger partial charge in [0.25, 0.3) is 0 Å². The molecule has 3 heteroatoms. The van der Waals surface area contributed by atoms with Crippen molar-refractivity contribution in [2.45, 2.75) is 59.1 Å². The normalized spacial score (nSPS) is 14.4. The van der Waals surface area contributed by atoms with Gasteiger partial charge in [0.15, 0.2) is 0 Å². The van der Waals surface area contributed by atoms with Crippen LogP contribution in [-0.4, -0.2) is 36.5 Å². The van der Waals surface area contributed by atoms with E-state index in [1.807, 2.05) is 0 Å². The highest BCUT2D eigenvalue weighted by atomic mass is 16.5. The van der Waals surface area contributed by atoms with Crippen LogP contribution in [0.25, 0.3) is 0 Å². The van der Waals surface area contributed by atoms with Gasteiger partial charge in [0.2, 0.25) is 0 Å². The molecule has 0 aliphatic rings. The Hall–Kier alpha value is -0.120. The van der Waals surface area contributed by atoms with Crippen LogP contribution in [0.3, 0.4) is 0 Å². The maximum absolute atomic E-state index is 9.63. The molecule has 0 aliphatic carbocycles. The van der Waals surface area contributed by atoms with Crippen LogP contribution in [0.4, 0.5) is 0 Å². The Morgan fingerprint density at radius 3 is 2.38 bits per heavy atom. The fraction of sp³-hybridized carbons (Fsp3) is 1.00. The first-order valence-corrected chi connectivity index (χ1v) is 6.32. The third-order valence-corrected chi connectivity index (χ3v) is 2.25. The zero-order valence-corrected chi connectivity index (χ0v) is 11.5. The van der Waals surface area contributed by atoms with Gasteiger partial charge >= 0.3 is 0 Å². The third kappa shape index (κ3) is 12.0. The summed E-state index contributed by atoms with van der Waals surface area (Å²) in [4.78, 5) is 0. The number of aliphatic hydroxyl groups excluding tert-OH is 1. The Morgan fingerprint density at radius 1 is 1.25 bits per heavy atom. The number of rotatable bonds is 8. The van der Waals surface area contributed by atoms with Crippen molar-refractivity contribution in [3.8, 4) is 0 Å². The van der Waals surface area contributed by atoms with E-state index in [9.17, 15) is 5.11 Å². The molecule has 0 aliphatic heterocycles. The summed E-state index contributed by atoms with van der Waals surface area (Å²) >= 11 is 0. The lowest BCUT2D eigenvalue weighted by molar-refractivity contribution is 0.0319. The molecule has 0 aromatic rings. The number of β-amino-alcohol motifs (C(OH)–C–C–N with tert-alkyl or cyclic N) is 1. The van der Waals surface area contributed by atoms with Crippen LogP contribution in [-0.2, 0) is 4.74 Å². The Kier molecular flexibility index (Phi) is 7.98. The maximum Gasteiger partial charge on any atom is 0.0897 e. The molecule has 2 N–H and O–H groups in total. The highest BCUT2D eigenvalue weighted by Gasteiger charge is 2.11. The van der Waals surface area contributed by atoms with Crippen molar-refractivity contribution < 1.29 is 9.84 Å². The molecule has 0 bridgehead atoms. The van der Waals surface area contributed by atoms with Crippen molar-refractivity contribution in [1.29, 1.82) is 0 Å². The molecule has 1 atom stereocenters. The molecule has 0 heterocycles. The second-order valence-corrected chi connectivity index (χ2v) is 5.90. The van der Waals surface area contributed by atoms with Gasteiger partial charge in [0.1, 0.15) is 0 Å². The van der Waals surface area contributed by atoms with Crippen LogP contribution in [0.15, 0.2) is 0 Å². The third-order valence-electron chi connectivity index (χ3n) is 2.25.